The van der Waals surface area contributed by atoms with Gasteiger partial charge in [0.15, 0.2) is 0 Å². The molecule has 0 saturated heterocycles. The number of para-hydroxylation sites is 1. The lowest BCUT2D eigenvalue weighted by Gasteiger charge is -2.22. The van der Waals surface area contributed by atoms with Crippen molar-refractivity contribution in [1.29, 1.82) is 0 Å². The van der Waals surface area contributed by atoms with Crippen molar-refractivity contribution in [3.05, 3.63) is 30.3 Å². The van der Waals surface area contributed by atoms with Gasteiger partial charge in [0.25, 0.3) is 0 Å². The quantitative estimate of drug-likeness (QED) is 0.823. The van der Waals surface area contributed by atoms with Crippen molar-refractivity contribution in [1.82, 2.24) is 0 Å². The normalized spacial score (nSPS) is 14.4. The Bertz CT molecular complexity index is 348. The summed E-state index contributed by atoms with van der Waals surface area (Å²) in [6.07, 6.45) is 0.467. The van der Waals surface area contributed by atoms with E-state index in [1.165, 1.54) is 0 Å². The molecule has 0 saturated carbocycles. The van der Waals surface area contributed by atoms with Gasteiger partial charge in [-0.3, -0.25) is 4.79 Å². The second kappa shape index (κ2) is 6.40. The molecule has 0 heterocycles. The van der Waals surface area contributed by atoms with E-state index in [1.54, 1.807) is 0 Å². The van der Waals surface area contributed by atoms with Crippen LogP contribution in [0.3, 0.4) is 0 Å². The lowest BCUT2D eigenvalue weighted by molar-refractivity contribution is -0.117. The third kappa shape index (κ3) is 4.57. The number of hydrogen-bond acceptors (Lipinski definition) is 2. The highest BCUT2D eigenvalue weighted by atomic mass is 16.1. The van der Waals surface area contributed by atoms with Crippen LogP contribution in [0.5, 0.6) is 0 Å². The van der Waals surface area contributed by atoms with Crippen LogP contribution in [0.1, 0.15) is 27.2 Å². The third-order valence-corrected chi connectivity index (χ3v) is 2.99. The number of anilines is 1. The van der Waals surface area contributed by atoms with Gasteiger partial charge in [-0.15, -0.1) is 0 Å². The highest BCUT2D eigenvalue weighted by Gasteiger charge is 2.19. The Labute approximate surface area is 103 Å². The first-order chi connectivity index (χ1) is 8.00. The average molecular weight is 234 g/mol. The first-order valence-electron chi connectivity index (χ1n) is 6.11. The molecule has 0 aliphatic carbocycles. The van der Waals surface area contributed by atoms with Crippen LogP contribution in [0.2, 0.25) is 0 Å². The molecule has 1 aromatic carbocycles. The third-order valence-electron chi connectivity index (χ3n) is 2.99. The standard InChI is InChI=1S/C14H22N2O/c1-10(2)14(15)11(3)9-13(17)16-12-7-5-4-6-8-12/h4-8,10-11,14H,9,15H2,1-3H3,(H,16,17)/t11-,14+/m1/s1. The second-order valence-corrected chi connectivity index (χ2v) is 4.92. The molecular formula is C14H22N2O. The van der Waals surface area contributed by atoms with Crippen LogP contribution >= 0.6 is 0 Å². The van der Waals surface area contributed by atoms with Gasteiger partial charge in [0.1, 0.15) is 0 Å². The predicted molar refractivity (Wildman–Crippen MR) is 71.7 cm³/mol. The van der Waals surface area contributed by atoms with Gasteiger partial charge in [0.05, 0.1) is 0 Å². The van der Waals surface area contributed by atoms with Gasteiger partial charge >= 0.3 is 0 Å². The minimum absolute atomic E-state index is 0.0276. The Morgan fingerprint density at radius 2 is 1.82 bits per heavy atom. The number of nitrogens with one attached hydrogen (secondary N) is 1. The molecule has 2 atom stereocenters. The Morgan fingerprint density at radius 1 is 1.24 bits per heavy atom. The fraction of sp³-hybridized carbons (Fsp3) is 0.500. The lowest BCUT2D eigenvalue weighted by Crippen LogP contribution is -2.35. The van der Waals surface area contributed by atoms with Crippen LogP contribution in [-0.4, -0.2) is 11.9 Å². The summed E-state index contributed by atoms with van der Waals surface area (Å²) >= 11 is 0. The maximum absolute atomic E-state index is 11.8. The van der Waals surface area contributed by atoms with E-state index in [0.29, 0.717) is 12.3 Å². The van der Waals surface area contributed by atoms with Crippen molar-refractivity contribution >= 4 is 11.6 Å². The largest absolute Gasteiger partial charge is 0.327 e. The Balaban J connectivity index is 2.45. The molecule has 0 unspecified atom stereocenters. The summed E-state index contributed by atoms with van der Waals surface area (Å²) in [4.78, 5) is 11.8. The van der Waals surface area contributed by atoms with Crippen LogP contribution in [-0.2, 0) is 4.79 Å². The van der Waals surface area contributed by atoms with Crippen molar-refractivity contribution in [3.8, 4) is 0 Å². The van der Waals surface area contributed by atoms with Crippen molar-refractivity contribution in [2.75, 3.05) is 5.32 Å². The number of carbonyl (C=O) groups is 1. The zero-order valence-electron chi connectivity index (χ0n) is 10.8. The van der Waals surface area contributed by atoms with E-state index in [-0.39, 0.29) is 17.9 Å². The number of nitrogens with two attached hydrogens (primary N) is 1. The summed E-state index contributed by atoms with van der Waals surface area (Å²) in [6.45, 7) is 6.18. The van der Waals surface area contributed by atoms with Crippen molar-refractivity contribution < 1.29 is 4.79 Å². The molecule has 0 aliphatic rings. The number of amides is 1. The summed E-state index contributed by atoms with van der Waals surface area (Å²) in [5, 5.41) is 2.87. The molecule has 17 heavy (non-hydrogen) atoms. The number of hydrogen-bond donors (Lipinski definition) is 2. The Morgan fingerprint density at radius 3 is 2.35 bits per heavy atom. The van der Waals surface area contributed by atoms with E-state index in [9.17, 15) is 4.79 Å². The molecule has 0 radical (unpaired) electrons. The van der Waals surface area contributed by atoms with Crippen LogP contribution < -0.4 is 11.1 Å². The van der Waals surface area contributed by atoms with Crippen molar-refractivity contribution in [3.63, 3.8) is 0 Å². The Kier molecular flexibility index (Phi) is 5.16. The molecular weight excluding hydrogens is 212 g/mol. The highest BCUT2D eigenvalue weighted by Crippen LogP contribution is 2.15. The molecule has 1 rings (SSSR count). The van der Waals surface area contributed by atoms with Gasteiger partial charge in [0, 0.05) is 18.2 Å². The molecule has 3 nitrogen and oxygen atoms in total. The smallest absolute Gasteiger partial charge is 0.224 e. The lowest BCUT2D eigenvalue weighted by atomic mass is 9.90. The van der Waals surface area contributed by atoms with Crippen LogP contribution in [0.25, 0.3) is 0 Å². The summed E-state index contributed by atoms with van der Waals surface area (Å²) in [5.74, 6) is 0.619. The van der Waals surface area contributed by atoms with Gasteiger partial charge in [-0.25, -0.2) is 0 Å². The van der Waals surface area contributed by atoms with E-state index in [1.807, 2.05) is 37.3 Å². The molecule has 0 bridgehead atoms. The molecule has 94 valence electrons. The summed E-state index contributed by atoms with van der Waals surface area (Å²) in [7, 11) is 0. The van der Waals surface area contributed by atoms with Gasteiger partial charge < -0.3 is 11.1 Å². The van der Waals surface area contributed by atoms with Gasteiger partial charge in [-0.1, -0.05) is 39.0 Å². The summed E-state index contributed by atoms with van der Waals surface area (Å²) in [6, 6.07) is 9.55. The fourth-order valence-electron chi connectivity index (χ4n) is 1.82. The molecule has 3 heteroatoms. The minimum Gasteiger partial charge on any atom is -0.327 e. The minimum atomic E-state index is 0.0276. The molecule has 0 aliphatic heterocycles. The fourth-order valence-corrected chi connectivity index (χ4v) is 1.82. The number of benzene rings is 1. The first-order valence-corrected chi connectivity index (χ1v) is 6.11. The van der Waals surface area contributed by atoms with Crippen molar-refractivity contribution in [2.45, 2.75) is 33.2 Å². The molecule has 0 spiro atoms. The van der Waals surface area contributed by atoms with Crippen molar-refractivity contribution in [2.24, 2.45) is 17.6 Å². The molecule has 0 aromatic heterocycles. The van der Waals surface area contributed by atoms with E-state index in [2.05, 4.69) is 19.2 Å². The monoisotopic (exact) mass is 234 g/mol. The molecule has 0 fully saturated rings. The van der Waals surface area contributed by atoms with Gasteiger partial charge in [0.2, 0.25) is 5.91 Å². The van der Waals surface area contributed by atoms with Crippen LogP contribution in [0, 0.1) is 11.8 Å². The Hall–Kier alpha value is -1.35. The maximum Gasteiger partial charge on any atom is 0.224 e. The van der Waals surface area contributed by atoms with Gasteiger partial charge in [-0.05, 0) is 24.0 Å². The van der Waals surface area contributed by atoms with E-state index < -0.39 is 0 Å². The highest BCUT2D eigenvalue weighted by molar-refractivity contribution is 5.90. The molecule has 3 N–H and O–H groups in total. The zero-order chi connectivity index (χ0) is 12.8. The molecule has 1 aromatic rings. The SMILES string of the molecule is CC(C)[C@H](N)[C@H](C)CC(=O)Nc1ccccc1. The predicted octanol–water partition coefficient (Wildman–Crippen LogP) is 2.63. The topological polar surface area (TPSA) is 55.1 Å². The number of carbonyl (C=O) groups excluding carboxylic acids is 1. The maximum atomic E-state index is 11.8. The number of rotatable bonds is 5. The van der Waals surface area contributed by atoms with Crippen LogP contribution in [0.15, 0.2) is 30.3 Å². The van der Waals surface area contributed by atoms with Gasteiger partial charge in [-0.2, -0.15) is 0 Å². The molecule has 1 amide bonds. The van der Waals surface area contributed by atoms with E-state index in [4.69, 9.17) is 5.73 Å². The summed E-state index contributed by atoms with van der Waals surface area (Å²) in [5.41, 5.74) is 6.86. The van der Waals surface area contributed by atoms with E-state index in [0.717, 1.165) is 5.69 Å². The van der Waals surface area contributed by atoms with E-state index >= 15 is 0 Å². The second-order valence-electron chi connectivity index (χ2n) is 4.92. The average Bonchev–Trinajstić information content (AvgIpc) is 2.28. The van der Waals surface area contributed by atoms with Crippen LogP contribution in [0.4, 0.5) is 5.69 Å². The zero-order valence-corrected chi connectivity index (χ0v) is 10.8. The summed E-state index contributed by atoms with van der Waals surface area (Å²) < 4.78 is 0. The first kappa shape index (κ1) is 13.7.